The highest BCUT2D eigenvalue weighted by atomic mass is 14.3. The molecule has 0 amide bonds. The average Bonchev–Trinajstić information content (AvgIpc) is 2.49. The molecular formula is C22H46. The zero-order valence-corrected chi connectivity index (χ0v) is 16.6. The van der Waals surface area contributed by atoms with E-state index in [0.29, 0.717) is 0 Å². The molecule has 0 aromatic carbocycles. The molecule has 0 bridgehead atoms. The minimum absolute atomic E-state index is 0.871. The van der Waals surface area contributed by atoms with Crippen LogP contribution in [0.4, 0.5) is 0 Å². The van der Waals surface area contributed by atoms with Crippen molar-refractivity contribution in [3.8, 4) is 0 Å². The SMILES string of the molecule is CCCCCCC(CC(C)C)C(CCCCC)CCCCC. The lowest BCUT2D eigenvalue weighted by Gasteiger charge is -2.29. The van der Waals surface area contributed by atoms with Crippen molar-refractivity contribution < 1.29 is 0 Å². The fourth-order valence-electron chi connectivity index (χ4n) is 3.91. The number of hydrogen-bond acceptors (Lipinski definition) is 0. The molecular weight excluding hydrogens is 264 g/mol. The summed E-state index contributed by atoms with van der Waals surface area (Å²) in [5.74, 6) is 2.89. The summed E-state index contributed by atoms with van der Waals surface area (Å²) in [5, 5.41) is 0. The van der Waals surface area contributed by atoms with Crippen LogP contribution in [0.3, 0.4) is 0 Å². The van der Waals surface area contributed by atoms with Crippen molar-refractivity contribution in [2.45, 2.75) is 125 Å². The van der Waals surface area contributed by atoms with E-state index in [2.05, 4.69) is 34.6 Å². The molecule has 1 atom stereocenters. The molecule has 0 N–H and O–H groups in total. The Bertz CT molecular complexity index is 196. The van der Waals surface area contributed by atoms with E-state index in [0.717, 1.165) is 17.8 Å². The molecule has 22 heavy (non-hydrogen) atoms. The summed E-state index contributed by atoms with van der Waals surface area (Å²) in [5.41, 5.74) is 0. The fraction of sp³-hybridized carbons (Fsp3) is 1.00. The zero-order chi connectivity index (χ0) is 16.6. The van der Waals surface area contributed by atoms with Crippen LogP contribution < -0.4 is 0 Å². The second kappa shape index (κ2) is 15.9. The van der Waals surface area contributed by atoms with Gasteiger partial charge in [0.05, 0.1) is 0 Å². The Kier molecular flexibility index (Phi) is 15.9. The predicted octanol–water partition coefficient (Wildman–Crippen LogP) is 8.40. The lowest BCUT2D eigenvalue weighted by atomic mass is 9.77. The van der Waals surface area contributed by atoms with Gasteiger partial charge in [0.15, 0.2) is 0 Å². The third-order valence-corrected chi connectivity index (χ3v) is 5.23. The van der Waals surface area contributed by atoms with Crippen molar-refractivity contribution in [1.82, 2.24) is 0 Å². The summed E-state index contributed by atoms with van der Waals surface area (Å²) < 4.78 is 0. The molecule has 0 aliphatic heterocycles. The number of hydrogen-bond donors (Lipinski definition) is 0. The Morgan fingerprint density at radius 2 is 0.909 bits per heavy atom. The Balaban J connectivity index is 4.44. The molecule has 0 saturated heterocycles. The van der Waals surface area contributed by atoms with Crippen LogP contribution >= 0.6 is 0 Å². The predicted molar refractivity (Wildman–Crippen MR) is 103 cm³/mol. The standard InChI is InChI=1S/C22H46/c1-6-9-12-15-18-22(19-20(4)5)21(16-13-10-7-2)17-14-11-8-3/h20-22H,6-19H2,1-5H3. The van der Waals surface area contributed by atoms with Gasteiger partial charge in [-0.15, -0.1) is 0 Å². The molecule has 0 heteroatoms. The summed E-state index contributed by atoms with van der Waals surface area (Å²) >= 11 is 0. The van der Waals surface area contributed by atoms with Gasteiger partial charge in [-0.05, 0) is 24.2 Å². The number of rotatable bonds is 16. The topological polar surface area (TPSA) is 0 Å². The maximum absolute atomic E-state index is 2.42. The van der Waals surface area contributed by atoms with Crippen molar-refractivity contribution in [2.75, 3.05) is 0 Å². The Labute approximate surface area is 142 Å². The Hall–Kier alpha value is 0. The molecule has 0 aromatic rings. The largest absolute Gasteiger partial charge is 0.0654 e. The first-order chi connectivity index (χ1) is 10.7. The smallest absolute Gasteiger partial charge is 0.0383 e. The highest BCUT2D eigenvalue weighted by molar-refractivity contribution is 4.73. The van der Waals surface area contributed by atoms with E-state index in [9.17, 15) is 0 Å². The minimum atomic E-state index is 0.871. The fourth-order valence-corrected chi connectivity index (χ4v) is 3.91. The van der Waals surface area contributed by atoms with Crippen LogP contribution in [0, 0.1) is 17.8 Å². The van der Waals surface area contributed by atoms with Gasteiger partial charge in [-0.1, -0.05) is 118 Å². The third-order valence-electron chi connectivity index (χ3n) is 5.23. The maximum atomic E-state index is 2.42. The van der Waals surface area contributed by atoms with Gasteiger partial charge in [-0.3, -0.25) is 0 Å². The lowest BCUT2D eigenvalue weighted by molar-refractivity contribution is 0.222. The van der Waals surface area contributed by atoms with Crippen molar-refractivity contribution in [3.63, 3.8) is 0 Å². The van der Waals surface area contributed by atoms with Crippen molar-refractivity contribution in [2.24, 2.45) is 17.8 Å². The summed E-state index contributed by atoms with van der Waals surface area (Å²) in [7, 11) is 0. The molecule has 0 rings (SSSR count). The van der Waals surface area contributed by atoms with E-state index in [-0.39, 0.29) is 0 Å². The van der Waals surface area contributed by atoms with E-state index >= 15 is 0 Å². The minimum Gasteiger partial charge on any atom is -0.0654 e. The molecule has 0 aliphatic carbocycles. The lowest BCUT2D eigenvalue weighted by Crippen LogP contribution is -2.18. The molecule has 0 radical (unpaired) electrons. The van der Waals surface area contributed by atoms with Crippen LogP contribution in [-0.4, -0.2) is 0 Å². The van der Waals surface area contributed by atoms with Crippen LogP contribution in [0.25, 0.3) is 0 Å². The Morgan fingerprint density at radius 3 is 1.36 bits per heavy atom. The highest BCUT2D eigenvalue weighted by Crippen LogP contribution is 2.33. The second-order valence-electron chi connectivity index (χ2n) is 7.99. The van der Waals surface area contributed by atoms with Crippen molar-refractivity contribution >= 4 is 0 Å². The molecule has 1 unspecified atom stereocenters. The highest BCUT2D eigenvalue weighted by Gasteiger charge is 2.21. The van der Waals surface area contributed by atoms with Gasteiger partial charge in [0.1, 0.15) is 0 Å². The summed E-state index contributed by atoms with van der Waals surface area (Å²) in [6.45, 7) is 11.8. The number of unbranched alkanes of at least 4 members (excludes halogenated alkanes) is 7. The van der Waals surface area contributed by atoms with Gasteiger partial charge >= 0.3 is 0 Å². The first-order valence-corrected chi connectivity index (χ1v) is 10.7. The Morgan fingerprint density at radius 1 is 0.500 bits per heavy atom. The van der Waals surface area contributed by atoms with E-state index in [1.807, 2.05) is 0 Å². The van der Waals surface area contributed by atoms with Gasteiger partial charge < -0.3 is 0 Å². The molecule has 0 aromatic heterocycles. The van der Waals surface area contributed by atoms with Crippen LogP contribution in [0.1, 0.15) is 125 Å². The van der Waals surface area contributed by atoms with Gasteiger partial charge in [-0.2, -0.15) is 0 Å². The molecule has 0 heterocycles. The zero-order valence-electron chi connectivity index (χ0n) is 16.6. The summed E-state index contributed by atoms with van der Waals surface area (Å²) in [6, 6.07) is 0. The summed E-state index contributed by atoms with van der Waals surface area (Å²) in [6.07, 6.45) is 20.3. The summed E-state index contributed by atoms with van der Waals surface area (Å²) in [4.78, 5) is 0. The van der Waals surface area contributed by atoms with Crippen molar-refractivity contribution in [1.29, 1.82) is 0 Å². The van der Waals surface area contributed by atoms with Crippen molar-refractivity contribution in [3.05, 3.63) is 0 Å². The normalized spacial score (nSPS) is 13.2. The first kappa shape index (κ1) is 22.0. The molecule has 0 aliphatic rings. The van der Waals surface area contributed by atoms with Gasteiger partial charge in [0.2, 0.25) is 0 Å². The van der Waals surface area contributed by atoms with Crippen LogP contribution in [0.5, 0.6) is 0 Å². The van der Waals surface area contributed by atoms with Gasteiger partial charge in [-0.25, -0.2) is 0 Å². The van der Waals surface area contributed by atoms with E-state index in [1.165, 1.54) is 89.9 Å². The molecule has 134 valence electrons. The van der Waals surface area contributed by atoms with E-state index < -0.39 is 0 Å². The average molecular weight is 311 g/mol. The van der Waals surface area contributed by atoms with E-state index in [4.69, 9.17) is 0 Å². The van der Waals surface area contributed by atoms with Crippen LogP contribution in [-0.2, 0) is 0 Å². The maximum Gasteiger partial charge on any atom is -0.0383 e. The van der Waals surface area contributed by atoms with Crippen LogP contribution in [0.15, 0.2) is 0 Å². The van der Waals surface area contributed by atoms with Gasteiger partial charge in [0.25, 0.3) is 0 Å². The van der Waals surface area contributed by atoms with E-state index in [1.54, 1.807) is 0 Å². The van der Waals surface area contributed by atoms with Crippen LogP contribution in [0.2, 0.25) is 0 Å². The monoisotopic (exact) mass is 310 g/mol. The molecule has 0 nitrogen and oxygen atoms in total. The molecule has 0 spiro atoms. The quantitative estimate of drug-likeness (QED) is 0.251. The third kappa shape index (κ3) is 12.5. The second-order valence-corrected chi connectivity index (χ2v) is 7.99. The van der Waals surface area contributed by atoms with Gasteiger partial charge in [0, 0.05) is 0 Å². The molecule has 0 fully saturated rings. The first-order valence-electron chi connectivity index (χ1n) is 10.7. The molecule has 0 saturated carbocycles.